The summed E-state index contributed by atoms with van der Waals surface area (Å²) in [4.78, 5) is 23.7. The van der Waals surface area contributed by atoms with E-state index in [-0.39, 0.29) is 0 Å². The highest BCUT2D eigenvalue weighted by Gasteiger charge is 2.02. The van der Waals surface area contributed by atoms with Crippen molar-refractivity contribution in [2.24, 2.45) is 10.2 Å². The van der Waals surface area contributed by atoms with Gasteiger partial charge in [0.2, 0.25) is 0 Å². The first-order chi connectivity index (χ1) is 17.7. The number of nitrogens with zero attached hydrogens (tertiary/aromatic N) is 2. The first-order valence-corrected chi connectivity index (χ1v) is 11.0. The van der Waals surface area contributed by atoms with E-state index in [4.69, 9.17) is 0 Å². The van der Waals surface area contributed by atoms with E-state index in [1.165, 1.54) is 0 Å². The van der Waals surface area contributed by atoms with E-state index in [1.54, 1.807) is 12.1 Å². The summed E-state index contributed by atoms with van der Waals surface area (Å²) in [6, 6.07) is 32.3. The summed E-state index contributed by atoms with van der Waals surface area (Å²) in [5.41, 5.74) is 20.7. The van der Waals surface area contributed by atoms with Crippen LogP contribution in [0.4, 0.5) is 32.3 Å². The minimum atomic E-state index is -0.607. The highest BCUT2D eigenvalue weighted by atomic mass is 16.2. The van der Waals surface area contributed by atoms with Crippen LogP contribution < -0.4 is 32.6 Å². The van der Waals surface area contributed by atoms with Crippen LogP contribution in [0.25, 0.3) is 11.1 Å². The lowest BCUT2D eigenvalue weighted by molar-refractivity contribution is 0.244. The Hall–Kier alpha value is -5.38. The third-order valence-electron chi connectivity index (χ3n) is 4.84. The minimum absolute atomic E-state index is 0.433. The van der Waals surface area contributed by atoms with Gasteiger partial charge in [0.05, 0.1) is 22.7 Å². The van der Waals surface area contributed by atoms with Gasteiger partial charge in [-0.3, -0.25) is 27.1 Å². The van der Waals surface area contributed by atoms with E-state index in [0.717, 1.165) is 22.5 Å². The maximum Gasteiger partial charge on any atom is 0.378 e. The molecule has 0 unspecified atom stereocenters. The van der Waals surface area contributed by atoms with Gasteiger partial charge in [-0.1, -0.05) is 65.8 Å². The number of para-hydroxylation sites is 2. The van der Waals surface area contributed by atoms with Gasteiger partial charge in [0, 0.05) is 0 Å². The van der Waals surface area contributed by atoms with E-state index >= 15 is 0 Å². The number of hydrogen-bond acceptors (Lipinski definition) is 6. The van der Waals surface area contributed by atoms with Gasteiger partial charge in [-0.2, -0.15) is 0 Å². The molecule has 0 aliphatic carbocycles. The van der Waals surface area contributed by atoms with E-state index in [2.05, 4.69) is 42.8 Å². The number of carbonyl (C=O) groups is 2. The molecule has 0 aliphatic rings. The molecule has 0 heterocycles. The fraction of sp³-hybridized carbons (Fsp3) is 0. The summed E-state index contributed by atoms with van der Waals surface area (Å²) in [7, 11) is 0. The van der Waals surface area contributed by atoms with Crippen LogP contribution in [0.3, 0.4) is 0 Å². The van der Waals surface area contributed by atoms with Gasteiger partial charge in [0.1, 0.15) is 0 Å². The Kier molecular flexibility index (Phi) is 8.05. The van der Waals surface area contributed by atoms with Crippen molar-refractivity contribution in [2.45, 2.75) is 0 Å². The Morgan fingerprint density at radius 3 is 1.47 bits per heavy atom. The number of urea groups is 2. The standard InChI is InChI=1S/C26H24N8O2/c35-25(31-27-21-7-3-1-4-8-21)33-29-23-15-11-19(12-16-23)20-13-17-24(18-14-20)30-34-26(36)32-28-22-9-5-2-6-10-22/h1-18,27-29H,(H,32,36)(H2,31,33,35). The van der Waals surface area contributed by atoms with Crippen LogP contribution in [-0.2, 0) is 0 Å². The molecule has 0 saturated carbocycles. The Bertz CT molecular complexity index is 1300. The van der Waals surface area contributed by atoms with Crippen molar-refractivity contribution in [3.8, 4) is 11.1 Å². The Balaban J connectivity index is 1.23. The second-order valence-corrected chi connectivity index (χ2v) is 7.44. The van der Waals surface area contributed by atoms with Crippen LogP contribution in [-0.4, -0.2) is 12.1 Å². The van der Waals surface area contributed by atoms with Crippen molar-refractivity contribution in [1.29, 1.82) is 0 Å². The summed E-state index contributed by atoms with van der Waals surface area (Å²) in [6.45, 7) is 0. The van der Waals surface area contributed by atoms with Crippen LogP contribution in [0.5, 0.6) is 0 Å². The number of nitrogens with one attached hydrogen (secondary N) is 6. The molecule has 180 valence electrons. The lowest BCUT2D eigenvalue weighted by Crippen LogP contribution is -2.41. The Labute approximate surface area is 207 Å². The quantitative estimate of drug-likeness (QED) is 0.140. The number of hydrogen-bond donors (Lipinski definition) is 6. The normalized spacial score (nSPS) is 10.3. The van der Waals surface area contributed by atoms with Crippen molar-refractivity contribution in [3.63, 3.8) is 0 Å². The van der Waals surface area contributed by atoms with E-state index < -0.39 is 12.1 Å². The molecular weight excluding hydrogens is 456 g/mol. The fourth-order valence-corrected chi connectivity index (χ4v) is 3.05. The molecule has 0 radical (unpaired) electrons. The average Bonchev–Trinajstić information content (AvgIpc) is 2.94. The predicted molar refractivity (Wildman–Crippen MR) is 140 cm³/mol. The molecule has 0 aromatic heterocycles. The largest absolute Gasteiger partial charge is 0.378 e. The second-order valence-electron chi connectivity index (χ2n) is 7.44. The summed E-state index contributed by atoms with van der Waals surface area (Å²) in [5, 5.41) is 7.60. The van der Waals surface area contributed by atoms with Crippen molar-refractivity contribution < 1.29 is 9.59 Å². The van der Waals surface area contributed by atoms with Crippen molar-refractivity contribution in [3.05, 3.63) is 109 Å². The van der Waals surface area contributed by atoms with Crippen LogP contribution in [0.2, 0.25) is 0 Å². The first-order valence-electron chi connectivity index (χ1n) is 11.0. The zero-order valence-corrected chi connectivity index (χ0v) is 19.1. The van der Waals surface area contributed by atoms with E-state index in [9.17, 15) is 9.59 Å². The lowest BCUT2D eigenvalue weighted by Gasteiger charge is -2.12. The van der Waals surface area contributed by atoms with Crippen LogP contribution >= 0.6 is 0 Å². The topological polar surface area (TPSA) is 131 Å². The van der Waals surface area contributed by atoms with Crippen molar-refractivity contribution in [2.75, 3.05) is 16.3 Å². The van der Waals surface area contributed by atoms with E-state index in [0.29, 0.717) is 11.4 Å². The summed E-state index contributed by atoms with van der Waals surface area (Å²) in [5.74, 6) is 0. The minimum Gasteiger partial charge on any atom is -0.297 e. The third kappa shape index (κ3) is 7.32. The molecule has 0 bridgehead atoms. The number of anilines is 3. The lowest BCUT2D eigenvalue weighted by atomic mass is 10.1. The molecule has 4 aromatic carbocycles. The molecule has 4 rings (SSSR count). The van der Waals surface area contributed by atoms with Gasteiger partial charge in [0.25, 0.3) is 0 Å². The second kappa shape index (κ2) is 12.2. The molecule has 0 fully saturated rings. The monoisotopic (exact) mass is 480 g/mol. The summed E-state index contributed by atoms with van der Waals surface area (Å²) in [6.07, 6.45) is 0. The zero-order chi connectivity index (χ0) is 25.0. The van der Waals surface area contributed by atoms with Gasteiger partial charge in [-0.25, -0.2) is 15.0 Å². The van der Waals surface area contributed by atoms with Crippen LogP contribution in [0.15, 0.2) is 119 Å². The number of azo groups is 1. The van der Waals surface area contributed by atoms with Crippen LogP contribution in [0, 0.1) is 0 Å². The fourth-order valence-electron chi connectivity index (χ4n) is 3.05. The SMILES string of the molecule is O=C(N=Nc1ccc(-c2ccc(NNC(=O)NNc3ccccc3)cc2)cc1)NNc1ccccc1. The number of carbonyl (C=O) groups excluding carboxylic acids is 2. The van der Waals surface area contributed by atoms with Gasteiger partial charge < -0.3 is 0 Å². The molecule has 0 aliphatic heterocycles. The molecule has 4 amide bonds. The van der Waals surface area contributed by atoms with E-state index in [1.807, 2.05) is 97.1 Å². The predicted octanol–water partition coefficient (Wildman–Crippen LogP) is 5.83. The molecule has 4 aromatic rings. The third-order valence-corrected chi connectivity index (χ3v) is 4.84. The van der Waals surface area contributed by atoms with Gasteiger partial charge in [-0.05, 0) is 59.7 Å². The Morgan fingerprint density at radius 2 is 0.944 bits per heavy atom. The maximum absolute atomic E-state index is 11.9. The van der Waals surface area contributed by atoms with Gasteiger partial charge in [-0.15, -0.1) is 5.11 Å². The molecule has 0 spiro atoms. The summed E-state index contributed by atoms with van der Waals surface area (Å²) >= 11 is 0. The van der Waals surface area contributed by atoms with Crippen LogP contribution in [0.1, 0.15) is 0 Å². The molecule has 0 atom stereocenters. The number of benzene rings is 4. The molecule has 36 heavy (non-hydrogen) atoms. The van der Waals surface area contributed by atoms with Crippen molar-refractivity contribution in [1.82, 2.24) is 16.3 Å². The summed E-state index contributed by atoms with van der Waals surface area (Å²) < 4.78 is 0. The van der Waals surface area contributed by atoms with Gasteiger partial charge >= 0.3 is 12.1 Å². The number of rotatable bonds is 8. The zero-order valence-electron chi connectivity index (χ0n) is 19.1. The number of hydrazine groups is 3. The average molecular weight is 481 g/mol. The maximum atomic E-state index is 11.9. The first kappa shape index (κ1) is 23.8. The molecule has 10 heteroatoms. The number of amides is 4. The molecule has 0 saturated heterocycles. The molecule has 10 nitrogen and oxygen atoms in total. The highest BCUT2D eigenvalue weighted by Crippen LogP contribution is 2.24. The highest BCUT2D eigenvalue weighted by molar-refractivity contribution is 5.77. The Morgan fingerprint density at radius 1 is 0.500 bits per heavy atom. The smallest absolute Gasteiger partial charge is 0.297 e. The van der Waals surface area contributed by atoms with Crippen molar-refractivity contribution >= 4 is 34.8 Å². The molecule has 6 N–H and O–H groups in total. The molecular formula is C26H24N8O2. The van der Waals surface area contributed by atoms with Gasteiger partial charge in [0.15, 0.2) is 0 Å².